The summed E-state index contributed by atoms with van der Waals surface area (Å²) >= 11 is 5.76. The Labute approximate surface area is 130 Å². The number of hydrogen-bond acceptors (Lipinski definition) is 3. The highest BCUT2D eigenvalue weighted by Crippen LogP contribution is 2.20. The monoisotopic (exact) mass is 324 g/mol. The maximum atomic E-state index is 12.2. The number of sulfonamides is 1. The molecule has 0 saturated carbocycles. The van der Waals surface area contributed by atoms with E-state index in [2.05, 4.69) is 10.0 Å². The zero-order valence-electron chi connectivity index (χ0n) is 11.8. The molecule has 0 atom stereocenters. The first-order valence-electron chi connectivity index (χ1n) is 6.52. The van der Waals surface area contributed by atoms with Crippen molar-refractivity contribution in [2.24, 2.45) is 0 Å². The van der Waals surface area contributed by atoms with E-state index in [0.29, 0.717) is 16.8 Å². The summed E-state index contributed by atoms with van der Waals surface area (Å²) in [7, 11) is -3.60. The Morgan fingerprint density at radius 3 is 1.95 bits per heavy atom. The lowest BCUT2D eigenvalue weighted by molar-refractivity contribution is 0.601. The summed E-state index contributed by atoms with van der Waals surface area (Å²) in [6.45, 7) is 4.08. The molecule has 0 spiro atoms. The number of halogens is 1. The molecule has 0 amide bonds. The van der Waals surface area contributed by atoms with Crippen molar-refractivity contribution in [3.63, 3.8) is 0 Å². The fraction of sp³-hybridized carbons (Fsp3) is 0.200. The number of rotatable bonds is 5. The van der Waals surface area contributed by atoms with E-state index >= 15 is 0 Å². The van der Waals surface area contributed by atoms with Crippen molar-refractivity contribution in [2.75, 3.05) is 10.0 Å². The molecule has 2 N–H and O–H groups in total. The van der Waals surface area contributed by atoms with Crippen molar-refractivity contribution < 1.29 is 8.42 Å². The van der Waals surface area contributed by atoms with E-state index < -0.39 is 10.0 Å². The summed E-state index contributed by atoms with van der Waals surface area (Å²) in [6, 6.07) is 13.5. The van der Waals surface area contributed by atoms with Crippen LogP contribution in [0.15, 0.2) is 53.4 Å². The van der Waals surface area contributed by atoms with Crippen LogP contribution in [0.4, 0.5) is 11.4 Å². The van der Waals surface area contributed by atoms with Gasteiger partial charge in [0.05, 0.1) is 4.90 Å². The van der Waals surface area contributed by atoms with Crippen LogP contribution in [0, 0.1) is 0 Å². The molecule has 4 nitrogen and oxygen atoms in total. The second-order valence-corrected chi connectivity index (χ2v) is 7.05. The molecule has 0 aromatic heterocycles. The quantitative estimate of drug-likeness (QED) is 0.875. The first-order valence-corrected chi connectivity index (χ1v) is 8.38. The van der Waals surface area contributed by atoms with Gasteiger partial charge >= 0.3 is 0 Å². The molecule has 0 aliphatic carbocycles. The highest BCUT2D eigenvalue weighted by Gasteiger charge is 2.13. The third-order valence-corrected chi connectivity index (χ3v) is 4.37. The molecule has 0 heterocycles. The lowest BCUT2D eigenvalue weighted by atomic mass is 10.2. The third-order valence-electron chi connectivity index (χ3n) is 2.72. The summed E-state index contributed by atoms with van der Waals surface area (Å²) in [6.07, 6.45) is 0. The fourth-order valence-corrected chi connectivity index (χ4v) is 2.98. The van der Waals surface area contributed by atoms with Gasteiger partial charge in [0.15, 0.2) is 0 Å². The molecule has 21 heavy (non-hydrogen) atoms. The molecule has 0 fully saturated rings. The van der Waals surface area contributed by atoms with Crippen molar-refractivity contribution >= 4 is 33.0 Å². The molecule has 0 aliphatic heterocycles. The van der Waals surface area contributed by atoms with Crippen LogP contribution in [0.5, 0.6) is 0 Å². The van der Waals surface area contributed by atoms with Crippen molar-refractivity contribution in [2.45, 2.75) is 24.8 Å². The minimum atomic E-state index is -3.60. The van der Waals surface area contributed by atoms with Crippen molar-refractivity contribution in [1.82, 2.24) is 0 Å². The van der Waals surface area contributed by atoms with E-state index in [4.69, 9.17) is 11.6 Å². The molecule has 2 aromatic rings. The molecule has 0 radical (unpaired) electrons. The Hall–Kier alpha value is -1.72. The van der Waals surface area contributed by atoms with Gasteiger partial charge in [0.1, 0.15) is 0 Å². The molecule has 2 aromatic carbocycles. The average molecular weight is 325 g/mol. The van der Waals surface area contributed by atoms with E-state index in [1.54, 1.807) is 24.3 Å². The summed E-state index contributed by atoms with van der Waals surface area (Å²) in [4.78, 5) is 0.177. The Morgan fingerprint density at radius 1 is 0.905 bits per heavy atom. The van der Waals surface area contributed by atoms with Gasteiger partial charge in [0, 0.05) is 22.4 Å². The molecule has 112 valence electrons. The van der Waals surface area contributed by atoms with E-state index in [9.17, 15) is 8.42 Å². The molecular formula is C15H17ClN2O2S. The van der Waals surface area contributed by atoms with Gasteiger partial charge in [-0.2, -0.15) is 0 Å². The van der Waals surface area contributed by atoms with Gasteiger partial charge in [-0.15, -0.1) is 0 Å². The van der Waals surface area contributed by atoms with Gasteiger partial charge in [-0.25, -0.2) is 8.42 Å². The van der Waals surface area contributed by atoms with Crippen LogP contribution in [0.25, 0.3) is 0 Å². The highest BCUT2D eigenvalue weighted by molar-refractivity contribution is 7.92. The van der Waals surface area contributed by atoms with Gasteiger partial charge < -0.3 is 5.32 Å². The summed E-state index contributed by atoms with van der Waals surface area (Å²) < 4.78 is 26.9. The smallest absolute Gasteiger partial charge is 0.261 e. The Bertz CT molecular complexity index is 695. The third kappa shape index (κ3) is 4.37. The van der Waals surface area contributed by atoms with Crippen LogP contribution < -0.4 is 10.0 Å². The van der Waals surface area contributed by atoms with E-state index in [1.165, 1.54) is 12.1 Å². The zero-order valence-corrected chi connectivity index (χ0v) is 13.4. The summed E-state index contributed by atoms with van der Waals surface area (Å²) in [5.74, 6) is 0. The van der Waals surface area contributed by atoms with Crippen LogP contribution in [-0.4, -0.2) is 14.5 Å². The van der Waals surface area contributed by atoms with Crippen LogP contribution >= 0.6 is 11.6 Å². The normalized spacial score (nSPS) is 11.4. The maximum Gasteiger partial charge on any atom is 0.261 e. The van der Waals surface area contributed by atoms with Gasteiger partial charge in [0.25, 0.3) is 10.0 Å². The van der Waals surface area contributed by atoms with Gasteiger partial charge in [-0.05, 0) is 62.4 Å². The maximum absolute atomic E-state index is 12.2. The predicted octanol–water partition coefficient (Wildman–Crippen LogP) is 3.96. The lowest BCUT2D eigenvalue weighted by Crippen LogP contribution is -2.13. The van der Waals surface area contributed by atoms with Crippen LogP contribution in [-0.2, 0) is 10.0 Å². The van der Waals surface area contributed by atoms with E-state index in [0.717, 1.165) is 5.69 Å². The standard InChI is InChI=1S/C15H17ClN2O2S/c1-11(2)17-13-5-7-14(8-6-13)18-21(19,20)15-9-3-12(16)4-10-15/h3-11,17-18H,1-2H3. The van der Waals surface area contributed by atoms with Crippen LogP contribution in [0.3, 0.4) is 0 Å². The van der Waals surface area contributed by atoms with Gasteiger partial charge in [-0.3, -0.25) is 4.72 Å². The molecule has 2 rings (SSSR count). The number of hydrogen-bond donors (Lipinski definition) is 2. The second-order valence-electron chi connectivity index (χ2n) is 4.94. The summed E-state index contributed by atoms with van der Waals surface area (Å²) in [5, 5.41) is 3.74. The molecule has 0 saturated heterocycles. The zero-order chi connectivity index (χ0) is 15.5. The van der Waals surface area contributed by atoms with E-state index in [1.807, 2.05) is 26.0 Å². The number of benzene rings is 2. The SMILES string of the molecule is CC(C)Nc1ccc(NS(=O)(=O)c2ccc(Cl)cc2)cc1. The summed E-state index contributed by atoms with van der Waals surface area (Å²) in [5.41, 5.74) is 1.46. The minimum absolute atomic E-state index is 0.177. The first-order chi connectivity index (χ1) is 9.87. The Balaban J connectivity index is 2.15. The second kappa shape index (κ2) is 6.37. The van der Waals surface area contributed by atoms with Gasteiger partial charge in [0.2, 0.25) is 0 Å². The van der Waals surface area contributed by atoms with Gasteiger partial charge in [-0.1, -0.05) is 11.6 Å². The molecule has 0 aliphatic rings. The first kappa shape index (κ1) is 15.7. The molecule has 0 unspecified atom stereocenters. The van der Waals surface area contributed by atoms with Crippen molar-refractivity contribution in [3.8, 4) is 0 Å². The van der Waals surface area contributed by atoms with Crippen molar-refractivity contribution in [1.29, 1.82) is 0 Å². The average Bonchev–Trinajstić information content (AvgIpc) is 2.40. The molecule has 6 heteroatoms. The minimum Gasteiger partial charge on any atom is -0.383 e. The van der Waals surface area contributed by atoms with E-state index in [-0.39, 0.29) is 4.90 Å². The Kier molecular flexibility index (Phi) is 4.75. The Morgan fingerprint density at radius 2 is 1.43 bits per heavy atom. The highest BCUT2D eigenvalue weighted by atomic mass is 35.5. The number of anilines is 2. The molecular weight excluding hydrogens is 308 g/mol. The number of nitrogens with one attached hydrogen (secondary N) is 2. The topological polar surface area (TPSA) is 58.2 Å². The largest absolute Gasteiger partial charge is 0.383 e. The van der Waals surface area contributed by atoms with Crippen LogP contribution in [0.1, 0.15) is 13.8 Å². The lowest BCUT2D eigenvalue weighted by Gasteiger charge is -2.12. The molecule has 0 bridgehead atoms. The van der Waals surface area contributed by atoms with Crippen molar-refractivity contribution in [3.05, 3.63) is 53.6 Å². The predicted molar refractivity (Wildman–Crippen MR) is 87.5 cm³/mol. The van der Waals surface area contributed by atoms with Crippen LogP contribution in [0.2, 0.25) is 5.02 Å². The fourth-order valence-electron chi connectivity index (χ4n) is 1.80.